The van der Waals surface area contributed by atoms with Crippen LogP contribution in [0.5, 0.6) is 5.75 Å². The van der Waals surface area contributed by atoms with Crippen LogP contribution in [0, 0.1) is 0 Å². The molecule has 0 saturated carbocycles. The Morgan fingerprint density at radius 1 is 1.17 bits per heavy atom. The van der Waals surface area contributed by atoms with E-state index in [2.05, 4.69) is 9.88 Å². The first-order valence-electron chi connectivity index (χ1n) is 7.83. The number of carbonyl (C=O) groups is 1. The highest BCUT2D eigenvalue weighted by Crippen LogP contribution is 2.19. The molecular formula is C18H20N2O3. The Hall–Kier alpha value is -2.40. The fourth-order valence-electron chi connectivity index (χ4n) is 2.65. The summed E-state index contributed by atoms with van der Waals surface area (Å²) < 4.78 is 5.33. The number of ether oxygens (including phenoxy) is 1. The van der Waals surface area contributed by atoms with E-state index in [1.807, 2.05) is 18.3 Å². The number of para-hydroxylation sites is 1. The highest BCUT2D eigenvalue weighted by Gasteiger charge is 2.13. The van der Waals surface area contributed by atoms with E-state index in [1.165, 1.54) is 6.07 Å². The van der Waals surface area contributed by atoms with Crippen molar-refractivity contribution in [2.24, 2.45) is 0 Å². The number of phenols is 1. The Kier molecular flexibility index (Phi) is 4.88. The first-order chi connectivity index (χ1) is 11.2. The summed E-state index contributed by atoms with van der Waals surface area (Å²) in [7, 11) is 0. The molecule has 1 N–H and O–H groups in total. The molecule has 5 nitrogen and oxygen atoms in total. The van der Waals surface area contributed by atoms with Gasteiger partial charge in [0.05, 0.1) is 18.8 Å². The van der Waals surface area contributed by atoms with E-state index in [0.717, 1.165) is 37.7 Å². The Morgan fingerprint density at radius 3 is 2.65 bits per heavy atom. The highest BCUT2D eigenvalue weighted by atomic mass is 16.5. The summed E-state index contributed by atoms with van der Waals surface area (Å²) in [6.07, 6.45) is 2.79. The van der Waals surface area contributed by atoms with Crippen LogP contribution in [0.1, 0.15) is 22.3 Å². The lowest BCUT2D eigenvalue weighted by molar-refractivity contribution is 0.0980. The number of aromatic hydroxyl groups is 1. The third kappa shape index (κ3) is 3.87. The molecule has 2 heterocycles. The van der Waals surface area contributed by atoms with Crippen molar-refractivity contribution in [2.45, 2.75) is 12.8 Å². The monoisotopic (exact) mass is 312 g/mol. The summed E-state index contributed by atoms with van der Waals surface area (Å²) in [6.45, 7) is 3.19. The van der Waals surface area contributed by atoms with E-state index in [4.69, 9.17) is 4.74 Å². The van der Waals surface area contributed by atoms with Crippen LogP contribution in [0.3, 0.4) is 0 Å². The van der Waals surface area contributed by atoms with Gasteiger partial charge in [-0.15, -0.1) is 0 Å². The zero-order valence-corrected chi connectivity index (χ0v) is 12.9. The molecule has 1 aromatic carbocycles. The molecule has 1 aromatic heterocycles. The quantitative estimate of drug-likeness (QED) is 0.859. The lowest BCUT2D eigenvalue weighted by Crippen LogP contribution is -2.36. The van der Waals surface area contributed by atoms with E-state index in [9.17, 15) is 9.90 Å². The van der Waals surface area contributed by atoms with E-state index in [1.54, 1.807) is 18.2 Å². The second kappa shape index (κ2) is 7.24. The van der Waals surface area contributed by atoms with Gasteiger partial charge in [-0.1, -0.05) is 18.2 Å². The fraction of sp³-hybridized carbons (Fsp3) is 0.333. The fourth-order valence-corrected chi connectivity index (χ4v) is 2.65. The van der Waals surface area contributed by atoms with Gasteiger partial charge in [0.1, 0.15) is 11.6 Å². The van der Waals surface area contributed by atoms with Gasteiger partial charge in [0, 0.05) is 25.7 Å². The summed E-state index contributed by atoms with van der Waals surface area (Å²) in [5.41, 5.74) is 1.40. The molecule has 1 saturated heterocycles. The second-order valence-electron chi connectivity index (χ2n) is 5.56. The Labute approximate surface area is 135 Å². The first-order valence-corrected chi connectivity index (χ1v) is 7.83. The lowest BCUT2D eigenvalue weighted by atomic mass is 10.0. The molecule has 0 amide bonds. The molecule has 0 radical (unpaired) electrons. The lowest BCUT2D eigenvalue weighted by Gasteiger charge is -2.27. The van der Waals surface area contributed by atoms with Crippen molar-refractivity contribution in [1.82, 2.24) is 4.98 Å². The summed E-state index contributed by atoms with van der Waals surface area (Å²) in [6, 6.07) is 10.6. The third-order valence-electron chi connectivity index (χ3n) is 3.99. The van der Waals surface area contributed by atoms with Crippen molar-refractivity contribution < 1.29 is 14.6 Å². The average Bonchev–Trinajstić information content (AvgIpc) is 2.61. The van der Waals surface area contributed by atoms with E-state index < -0.39 is 0 Å². The van der Waals surface area contributed by atoms with E-state index >= 15 is 0 Å². The topological polar surface area (TPSA) is 62.7 Å². The number of aryl methyl sites for hydroxylation is 1. The molecule has 0 unspecified atom stereocenters. The predicted octanol–water partition coefficient (Wildman–Crippen LogP) is 2.44. The number of rotatable bonds is 5. The molecule has 0 atom stereocenters. The standard InChI is InChI=1S/C18H20N2O3/c21-16-4-2-1-3-15(16)17(22)7-5-14-6-8-18(19-13-14)20-9-11-23-12-10-20/h1-4,6,8,13,21H,5,7,9-12H2. The van der Waals surface area contributed by atoms with Crippen LogP contribution in [-0.2, 0) is 11.2 Å². The van der Waals surface area contributed by atoms with Gasteiger partial charge in [0.15, 0.2) is 5.78 Å². The van der Waals surface area contributed by atoms with Crippen molar-refractivity contribution in [3.8, 4) is 5.75 Å². The molecule has 120 valence electrons. The number of aromatic nitrogens is 1. The number of Topliss-reactive ketones (excluding diaryl/α,β-unsaturated/α-hetero) is 1. The maximum Gasteiger partial charge on any atom is 0.166 e. The maximum absolute atomic E-state index is 12.2. The number of ketones is 1. The molecule has 0 bridgehead atoms. The molecule has 2 aromatic rings. The molecule has 1 fully saturated rings. The highest BCUT2D eigenvalue weighted by molar-refractivity contribution is 5.98. The minimum absolute atomic E-state index is 0.0401. The molecule has 1 aliphatic rings. The number of phenolic OH excluding ortho intramolecular Hbond substituents is 1. The molecule has 3 rings (SSSR count). The molecule has 5 heteroatoms. The molecule has 0 spiro atoms. The van der Waals surface area contributed by atoms with Gasteiger partial charge >= 0.3 is 0 Å². The summed E-state index contributed by atoms with van der Waals surface area (Å²) in [4.78, 5) is 18.8. The van der Waals surface area contributed by atoms with E-state index in [0.29, 0.717) is 18.4 Å². The summed E-state index contributed by atoms with van der Waals surface area (Å²) in [5.74, 6) is 0.933. The zero-order valence-electron chi connectivity index (χ0n) is 12.9. The normalized spacial score (nSPS) is 14.7. The van der Waals surface area contributed by atoms with Gasteiger partial charge < -0.3 is 14.7 Å². The van der Waals surface area contributed by atoms with Crippen molar-refractivity contribution in [3.05, 3.63) is 53.7 Å². The van der Waals surface area contributed by atoms with Gasteiger partial charge in [0.25, 0.3) is 0 Å². The van der Waals surface area contributed by atoms with Crippen LogP contribution >= 0.6 is 0 Å². The number of pyridine rings is 1. The van der Waals surface area contributed by atoms with Crippen molar-refractivity contribution in [1.29, 1.82) is 0 Å². The van der Waals surface area contributed by atoms with E-state index in [-0.39, 0.29) is 11.5 Å². The van der Waals surface area contributed by atoms with Crippen LogP contribution in [-0.4, -0.2) is 42.2 Å². The van der Waals surface area contributed by atoms with Gasteiger partial charge in [-0.05, 0) is 30.2 Å². The predicted molar refractivity (Wildman–Crippen MR) is 88.0 cm³/mol. The third-order valence-corrected chi connectivity index (χ3v) is 3.99. The number of benzene rings is 1. The molecule has 0 aliphatic carbocycles. The van der Waals surface area contributed by atoms with Crippen LogP contribution in [0.4, 0.5) is 5.82 Å². The van der Waals surface area contributed by atoms with Gasteiger partial charge in [-0.2, -0.15) is 0 Å². The van der Waals surface area contributed by atoms with Crippen LogP contribution in [0.2, 0.25) is 0 Å². The average molecular weight is 312 g/mol. The number of anilines is 1. The van der Waals surface area contributed by atoms with Crippen molar-refractivity contribution in [2.75, 3.05) is 31.2 Å². The van der Waals surface area contributed by atoms with Crippen molar-refractivity contribution in [3.63, 3.8) is 0 Å². The maximum atomic E-state index is 12.2. The molecular weight excluding hydrogens is 292 g/mol. The number of nitrogens with zero attached hydrogens (tertiary/aromatic N) is 2. The Bertz CT molecular complexity index is 664. The van der Waals surface area contributed by atoms with Crippen LogP contribution < -0.4 is 4.90 Å². The Balaban J connectivity index is 1.58. The number of carbonyl (C=O) groups excluding carboxylic acids is 1. The summed E-state index contributed by atoms with van der Waals surface area (Å²) >= 11 is 0. The second-order valence-corrected chi connectivity index (χ2v) is 5.56. The van der Waals surface area contributed by atoms with Gasteiger partial charge in [-0.3, -0.25) is 4.79 Å². The zero-order chi connectivity index (χ0) is 16.1. The smallest absolute Gasteiger partial charge is 0.166 e. The first kappa shape index (κ1) is 15.5. The number of morpholine rings is 1. The van der Waals surface area contributed by atoms with Gasteiger partial charge in [0.2, 0.25) is 0 Å². The molecule has 23 heavy (non-hydrogen) atoms. The number of hydrogen-bond acceptors (Lipinski definition) is 5. The van der Waals surface area contributed by atoms with Crippen LogP contribution in [0.15, 0.2) is 42.6 Å². The largest absolute Gasteiger partial charge is 0.507 e. The SMILES string of the molecule is O=C(CCc1ccc(N2CCOCC2)nc1)c1ccccc1O. The Morgan fingerprint density at radius 2 is 1.96 bits per heavy atom. The minimum Gasteiger partial charge on any atom is -0.507 e. The van der Waals surface area contributed by atoms with Crippen molar-refractivity contribution >= 4 is 11.6 Å². The van der Waals surface area contributed by atoms with Crippen LogP contribution in [0.25, 0.3) is 0 Å². The number of hydrogen-bond donors (Lipinski definition) is 1. The minimum atomic E-state index is -0.0552. The van der Waals surface area contributed by atoms with Gasteiger partial charge in [-0.25, -0.2) is 4.98 Å². The summed E-state index contributed by atoms with van der Waals surface area (Å²) in [5, 5.41) is 9.71. The molecule has 1 aliphatic heterocycles.